The summed E-state index contributed by atoms with van der Waals surface area (Å²) in [4.78, 5) is 18.7. The molecule has 5 rings (SSSR count). The van der Waals surface area contributed by atoms with Crippen molar-refractivity contribution in [3.8, 4) is 11.3 Å². The van der Waals surface area contributed by atoms with Crippen molar-refractivity contribution in [1.29, 1.82) is 0 Å². The van der Waals surface area contributed by atoms with Crippen molar-refractivity contribution in [2.45, 2.75) is 25.7 Å². The Morgan fingerprint density at radius 2 is 1.83 bits per heavy atom. The molecular formula is C22H26N6O2. The van der Waals surface area contributed by atoms with Gasteiger partial charge in [0.05, 0.1) is 30.2 Å². The summed E-state index contributed by atoms with van der Waals surface area (Å²) in [6.07, 6.45) is 5.77. The molecule has 2 saturated heterocycles. The summed E-state index contributed by atoms with van der Waals surface area (Å²) in [5, 5.41) is 4.07. The Hall–Kier alpha value is -3.00. The number of anilines is 2. The third kappa shape index (κ3) is 3.87. The molecule has 0 unspecified atom stereocenters. The third-order valence-corrected chi connectivity index (χ3v) is 5.85. The second-order valence-electron chi connectivity index (χ2n) is 7.85. The van der Waals surface area contributed by atoms with E-state index in [9.17, 15) is 0 Å². The lowest BCUT2D eigenvalue weighted by molar-refractivity contribution is 0.122. The number of piperidine rings is 1. The smallest absolute Gasteiger partial charge is 0.225 e. The number of hydrogen-bond donors (Lipinski definition) is 0. The molecule has 0 amide bonds. The number of rotatable bonds is 4. The summed E-state index contributed by atoms with van der Waals surface area (Å²) in [5.41, 5.74) is 2.87. The van der Waals surface area contributed by atoms with Crippen molar-refractivity contribution in [3.05, 3.63) is 48.0 Å². The molecule has 0 aromatic carbocycles. The van der Waals surface area contributed by atoms with Crippen LogP contribution in [0.1, 0.15) is 30.1 Å². The molecule has 2 aliphatic rings. The minimum Gasteiger partial charge on any atom is -0.378 e. The maximum atomic E-state index is 5.57. The minimum absolute atomic E-state index is 0.341. The van der Waals surface area contributed by atoms with E-state index in [1.54, 1.807) is 0 Å². The van der Waals surface area contributed by atoms with Crippen LogP contribution < -0.4 is 9.80 Å². The van der Waals surface area contributed by atoms with Crippen LogP contribution in [-0.4, -0.2) is 59.5 Å². The summed E-state index contributed by atoms with van der Waals surface area (Å²) in [6.45, 7) is 6.90. The first kappa shape index (κ1) is 19.0. The van der Waals surface area contributed by atoms with Crippen molar-refractivity contribution >= 4 is 11.8 Å². The fourth-order valence-electron chi connectivity index (χ4n) is 4.22. The van der Waals surface area contributed by atoms with Crippen LogP contribution in [0.15, 0.2) is 41.2 Å². The summed E-state index contributed by atoms with van der Waals surface area (Å²) < 4.78 is 11.1. The normalized spacial score (nSPS) is 18.0. The predicted molar refractivity (Wildman–Crippen MR) is 114 cm³/mol. The molecule has 2 fully saturated rings. The topological polar surface area (TPSA) is 80.4 Å². The standard InChI is InChI=1S/C22H26N6O2/c1-16-14-19(30-26-16)18-15-24-22(28-10-12-29-13-11-28)25-21(18)17-5-8-27(9-6-17)20-4-2-3-7-23-20/h2-4,7,14-15,17H,5-6,8-13H2,1H3. The fourth-order valence-corrected chi connectivity index (χ4v) is 4.22. The summed E-state index contributed by atoms with van der Waals surface area (Å²) in [5.74, 6) is 2.90. The van der Waals surface area contributed by atoms with Gasteiger partial charge < -0.3 is 19.1 Å². The van der Waals surface area contributed by atoms with Crippen LogP contribution in [0.3, 0.4) is 0 Å². The molecule has 0 radical (unpaired) electrons. The van der Waals surface area contributed by atoms with Gasteiger partial charge in [-0.1, -0.05) is 11.2 Å². The molecule has 30 heavy (non-hydrogen) atoms. The van der Waals surface area contributed by atoms with E-state index >= 15 is 0 Å². The van der Waals surface area contributed by atoms with E-state index in [1.165, 1.54) is 0 Å². The molecule has 5 heterocycles. The largest absolute Gasteiger partial charge is 0.378 e. The number of hydrogen-bond acceptors (Lipinski definition) is 8. The Balaban J connectivity index is 1.43. The second-order valence-corrected chi connectivity index (χ2v) is 7.85. The van der Waals surface area contributed by atoms with Gasteiger partial charge in [0.2, 0.25) is 5.95 Å². The third-order valence-electron chi connectivity index (χ3n) is 5.85. The average molecular weight is 406 g/mol. The summed E-state index contributed by atoms with van der Waals surface area (Å²) >= 11 is 0. The minimum atomic E-state index is 0.341. The van der Waals surface area contributed by atoms with E-state index in [4.69, 9.17) is 14.2 Å². The molecule has 0 aliphatic carbocycles. The maximum Gasteiger partial charge on any atom is 0.225 e. The molecule has 0 bridgehead atoms. The van der Waals surface area contributed by atoms with Crippen LogP contribution in [0.5, 0.6) is 0 Å². The van der Waals surface area contributed by atoms with Crippen molar-refractivity contribution in [3.63, 3.8) is 0 Å². The van der Waals surface area contributed by atoms with Gasteiger partial charge in [-0.15, -0.1) is 0 Å². The van der Waals surface area contributed by atoms with Crippen LogP contribution in [-0.2, 0) is 4.74 Å². The maximum absolute atomic E-state index is 5.57. The Morgan fingerprint density at radius 3 is 2.53 bits per heavy atom. The van der Waals surface area contributed by atoms with Gasteiger partial charge in [-0.05, 0) is 31.9 Å². The molecule has 0 spiro atoms. The van der Waals surface area contributed by atoms with Crippen molar-refractivity contribution in [2.75, 3.05) is 49.2 Å². The summed E-state index contributed by atoms with van der Waals surface area (Å²) in [6, 6.07) is 8.03. The first-order chi connectivity index (χ1) is 14.8. The molecule has 0 N–H and O–H groups in total. The molecule has 8 nitrogen and oxygen atoms in total. The summed E-state index contributed by atoms with van der Waals surface area (Å²) in [7, 11) is 0. The molecule has 3 aromatic heterocycles. The number of nitrogens with zero attached hydrogens (tertiary/aromatic N) is 6. The molecule has 0 saturated carbocycles. The van der Waals surface area contributed by atoms with Gasteiger partial charge >= 0.3 is 0 Å². The highest BCUT2D eigenvalue weighted by molar-refractivity contribution is 5.61. The van der Waals surface area contributed by atoms with Crippen LogP contribution >= 0.6 is 0 Å². The van der Waals surface area contributed by atoms with Crippen LogP contribution in [0.4, 0.5) is 11.8 Å². The quantitative estimate of drug-likeness (QED) is 0.654. The number of aromatic nitrogens is 4. The number of pyridine rings is 1. The van der Waals surface area contributed by atoms with Gasteiger partial charge in [0, 0.05) is 50.6 Å². The predicted octanol–water partition coefficient (Wildman–Crippen LogP) is 3.06. The van der Waals surface area contributed by atoms with Gasteiger partial charge in [0.1, 0.15) is 5.82 Å². The van der Waals surface area contributed by atoms with Crippen LogP contribution in [0.25, 0.3) is 11.3 Å². The lowest BCUT2D eigenvalue weighted by atomic mass is 9.90. The number of aryl methyl sites for hydroxylation is 1. The van der Waals surface area contributed by atoms with Gasteiger partial charge in [-0.25, -0.2) is 15.0 Å². The van der Waals surface area contributed by atoms with Gasteiger partial charge in [-0.3, -0.25) is 0 Å². The van der Waals surface area contributed by atoms with E-state index < -0.39 is 0 Å². The first-order valence-electron chi connectivity index (χ1n) is 10.6. The van der Waals surface area contributed by atoms with Crippen LogP contribution in [0.2, 0.25) is 0 Å². The molecule has 2 aliphatic heterocycles. The fraction of sp³-hybridized carbons (Fsp3) is 0.455. The second kappa shape index (κ2) is 8.39. The SMILES string of the molecule is Cc1cc(-c2cnc(N3CCOCC3)nc2C2CCN(c3ccccn3)CC2)on1. The highest BCUT2D eigenvalue weighted by Gasteiger charge is 2.27. The zero-order valence-corrected chi connectivity index (χ0v) is 17.2. The van der Waals surface area contributed by atoms with Gasteiger partial charge in [0.15, 0.2) is 5.76 Å². The van der Waals surface area contributed by atoms with Gasteiger partial charge in [-0.2, -0.15) is 0 Å². The lowest BCUT2D eigenvalue weighted by Crippen LogP contribution is -2.38. The number of morpholine rings is 1. The van der Waals surface area contributed by atoms with Crippen molar-refractivity contribution < 1.29 is 9.26 Å². The highest BCUT2D eigenvalue weighted by atomic mass is 16.5. The zero-order chi connectivity index (χ0) is 20.3. The monoisotopic (exact) mass is 406 g/mol. The zero-order valence-electron chi connectivity index (χ0n) is 17.2. The van der Waals surface area contributed by atoms with Crippen molar-refractivity contribution in [1.82, 2.24) is 20.1 Å². The Bertz CT molecular complexity index is 978. The van der Waals surface area contributed by atoms with E-state index in [0.29, 0.717) is 19.1 Å². The van der Waals surface area contributed by atoms with E-state index in [1.807, 2.05) is 37.5 Å². The Labute approximate surface area is 175 Å². The Kier molecular flexibility index (Phi) is 5.31. The lowest BCUT2D eigenvalue weighted by Gasteiger charge is -2.33. The molecule has 8 heteroatoms. The highest BCUT2D eigenvalue weighted by Crippen LogP contribution is 2.36. The molecular weight excluding hydrogens is 380 g/mol. The molecule has 0 atom stereocenters. The van der Waals surface area contributed by atoms with Crippen LogP contribution in [0, 0.1) is 6.92 Å². The Morgan fingerprint density at radius 1 is 1.00 bits per heavy atom. The van der Waals surface area contributed by atoms with Crippen molar-refractivity contribution in [2.24, 2.45) is 0 Å². The molecule has 3 aromatic rings. The van der Waals surface area contributed by atoms with Gasteiger partial charge in [0.25, 0.3) is 0 Å². The number of ether oxygens (including phenoxy) is 1. The first-order valence-corrected chi connectivity index (χ1v) is 10.6. The average Bonchev–Trinajstić information content (AvgIpc) is 3.26. The molecule has 156 valence electrons. The van der Waals surface area contributed by atoms with E-state index in [0.717, 1.165) is 73.5 Å². The van der Waals surface area contributed by atoms with E-state index in [2.05, 4.69) is 31.0 Å². The van der Waals surface area contributed by atoms with E-state index in [-0.39, 0.29) is 0 Å².